The van der Waals surface area contributed by atoms with Gasteiger partial charge in [-0.2, -0.15) is 0 Å². The van der Waals surface area contributed by atoms with Gasteiger partial charge in [0.25, 0.3) is 5.91 Å². The lowest BCUT2D eigenvalue weighted by molar-refractivity contribution is 0.0738. The molecule has 5 heteroatoms. The van der Waals surface area contributed by atoms with E-state index in [0.29, 0.717) is 13.1 Å². The van der Waals surface area contributed by atoms with Crippen LogP contribution in [0.5, 0.6) is 0 Å². The molecule has 0 saturated carbocycles. The molecule has 3 heterocycles. The number of amides is 1. The van der Waals surface area contributed by atoms with Crippen LogP contribution in [0, 0.1) is 5.82 Å². The maximum Gasteiger partial charge on any atom is 0.264 e. The molecule has 3 aromatic rings. The Morgan fingerprint density at radius 2 is 2.24 bits per heavy atom. The average molecular weight is 300 g/mol. The minimum atomic E-state index is -0.221. The second-order valence-corrected chi connectivity index (χ2v) is 6.17. The number of fused-ring (bicyclic) bond motifs is 3. The summed E-state index contributed by atoms with van der Waals surface area (Å²) in [5, 5.41) is 2.85. The number of rotatable bonds is 1. The highest BCUT2D eigenvalue weighted by atomic mass is 32.1. The summed E-state index contributed by atoms with van der Waals surface area (Å²) in [6.45, 7) is 1.23. The van der Waals surface area contributed by atoms with Crippen molar-refractivity contribution in [2.75, 3.05) is 6.54 Å². The molecule has 0 atom stereocenters. The Bertz CT molecular complexity index is 822. The molecule has 21 heavy (non-hydrogen) atoms. The number of hydrogen-bond donors (Lipinski definition) is 1. The van der Waals surface area contributed by atoms with Crippen molar-refractivity contribution in [3.05, 3.63) is 57.7 Å². The zero-order valence-electron chi connectivity index (χ0n) is 11.2. The minimum absolute atomic E-state index is 0.0699. The van der Waals surface area contributed by atoms with Gasteiger partial charge in [0.1, 0.15) is 5.82 Å². The predicted molar refractivity (Wildman–Crippen MR) is 81.0 cm³/mol. The minimum Gasteiger partial charge on any atom is -0.357 e. The van der Waals surface area contributed by atoms with Gasteiger partial charge in [0.2, 0.25) is 0 Å². The van der Waals surface area contributed by atoms with E-state index in [2.05, 4.69) is 4.98 Å². The molecule has 1 aliphatic heterocycles. The van der Waals surface area contributed by atoms with Gasteiger partial charge < -0.3 is 9.88 Å². The molecule has 3 nitrogen and oxygen atoms in total. The molecule has 0 fully saturated rings. The molecule has 1 amide bonds. The SMILES string of the molecule is O=C(c1cccs1)N1CCc2c([nH]c3ccc(F)cc23)C1. The van der Waals surface area contributed by atoms with Crippen LogP contribution in [-0.4, -0.2) is 22.3 Å². The monoisotopic (exact) mass is 300 g/mol. The molecule has 0 bridgehead atoms. The number of carbonyl (C=O) groups is 1. The average Bonchev–Trinajstić information content (AvgIpc) is 3.13. The summed E-state index contributed by atoms with van der Waals surface area (Å²) in [5.41, 5.74) is 3.10. The van der Waals surface area contributed by atoms with Crippen molar-refractivity contribution >= 4 is 28.1 Å². The van der Waals surface area contributed by atoms with Crippen LogP contribution < -0.4 is 0 Å². The Morgan fingerprint density at radius 3 is 3.05 bits per heavy atom. The molecular weight excluding hydrogens is 287 g/mol. The fraction of sp³-hybridized carbons (Fsp3) is 0.188. The molecule has 0 unspecified atom stereocenters. The Labute approximate surface area is 125 Å². The van der Waals surface area contributed by atoms with Gasteiger partial charge in [-0.15, -0.1) is 11.3 Å². The third kappa shape index (κ3) is 2.05. The van der Waals surface area contributed by atoms with E-state index in [1.54, 1.807) is 12.1 Å². The van der Waals surface area contributed by atoms with Crippen molar-refractivity contribution in [2.45, 2.75) is 13.0 Å². The normalized spacial score (nSPS) is 14.4. The summed E-state index contributed by atoms with van der Waals surface area (Å²) in [5.74, 6) is -0.151. The highest BCUT2D eigenvalue weighted by Gasteiger charge is 2.25. The summed E-state index contributed by atoms with van der Waals surface area (Å²) in [7, 11) is 0. The van der Waals surface area contributed by atoms with Crippen molar-refractivity contribution in [3.63, 3.8) is 0 Å². The topological polar surface area (TPSA) is 36.1 Å². The maximum atomic E-state index is 13.4. The van der Waals surface area contributed by atoms with Crippen molar-refractivity contribution in [1.82, 2.24) is 9.88 Å². The number of nitrogens with one attached hydrogen (secondary N) is 1. The molecule has 0 saturated heterocycles. The Kier molecular flexibility index (Phi) is 2.82. The highest BCUT2D eigenvalue weighted by Crippen LogP contribution is 2.29. The number of nitrogens with zero attached hydrogens (tertiary/aromatic N) is 1. The summed E-state index contributed by atoms with van der Waals surface area (Å²) < 4.78 is 13.4. The third-order valence-electron chi connectivity index (χ3n) is 3.96. The first-order chi connectivity index (χ1) is 10.2. The van der Waals surface area contributed by atoms with Crippen LogP contribution in [0.25, 0.3) is 10.9 Å². The largest absolute Gasteiger partial charge is 0.357 e. The van der Waals surface area contributed by atoms with Crippen LogP contribution in [0.15, 0.2) is 35.7 Å². The summed E-state index contributed by atoms with van der Waals surface area (Å²) in [6, 6.07) is 8.52. The number of hydrogen-bond acceptors (Lipinski definition) is 2. The summed E-state index contributed by atoms with van der Waals surface area (Å²) in [6.07, 6.45) is 0.760. The molecule has 1 N–H and O–H groups in total. The third-order valence-corrected chi connectivity index (χ3v) is 4.81. The smallest absolute Gasteiger partial charge is 0.264 e. The summed E-state index contributed by atoms with van der Waals surface area (Å²) in [4.78, 5) is 18.3. The van der Waals surface area contributed by atoms with Gasteiger partial charge in [0.05, 0.1) is 11.4 Å². The maximum absolute atomic E-state index is 13.4. The van der Waals surface area contributed by atoms with E-state index in [1.165, 1.54) is 17.4 Å². The van der Waals surface area contributed by atoms with Crippen LogP contribution in [0.1, 0.15) is 20.9 Å². The fourth-order valence-corrected chi connectivity index (χ4v) is 3.63. The molecule has 0 spiro atoms. The predicted octanol–water partition coefficient (Wildman–Crippen LogP) is 3.57. The van der Waals surface area contributed by atoms with Crippen LogP contribution in [0.4, 0.5) is 4.39 Å². The van der Waals surface area contributed by atoms with Crippen LogP contribution in [0.2, 0.25) is 0 Å². The van der Waals surface area contributed by atoms with E-state index in [1.807, 2.05) is 22.4 Å². The number of aromatic amines is 1. The molecule has 4 rings (SSSR count). The Balaban J connectivity index is 1.69. The molecule has 2 aromatic heterocycles. The zero-order valence-corrected chi connectivity index (χ0v) is 12.0. The lowest BCUT2D eigenvalue weighted by atomic mass is 10.0. The van der Waals surface area contributed by atoms with Gasteiger partial charge in [0, 0.05) is 23.1 Å². The van der Waals surface area contributed by atoms with Gasteiger partial charge >= 0.3 is 0 Å². The van der Waals surface area contributed by atoms with E-state index in [9.17, 15) is 9.18 Å². The highest BCUT2D eigenvalue weighted by molar-refractivity contribution is 7.12. The molecule has 0 radical (unpaired) electrons. The number of halogens is 1. The van der Waals surface area contributed by atoms with Crippen LogP contribution in [-0.2, 0) is 13.0 Å². The molecule has 1 aliphatic rings. The van der Waals surface area contributed by atoms with E-state index in [4.69, 9.17) is 0 Å². The van der Waals surface area contributed by atoms with E-state index in [0.717, 1.165) is 33.5 Å². The van der Waals surface area contributed by atoms with Crippen molar-refractivity contribution in [3.8, 4) is 0 Å². The van der Waals surface area contributed by atoms with Gasteiger partial charge in [-0.3, -0.25) is 4.79 Å². The molecule has 0 aliphatic carbocycles. The molecule has 106 valence electrons. The standard InChI is InChI=1S/C16H13FN2OS/c17-10-3-4-13-12(8-10)11-5-6-19(9-14(11)18-13)16(20)15-2-1-7-21-15/h1-4,7-8,18H,5-6,9H2. The quantitative estimate of drug-likeness (QED) is 0.733. The van der Waals surface area contributed by atoms with E-state index < -0.39 is 0 Å². The molecular formula is C16H13FN2OS. The van der Waals surface area contributed by atoms with Crippen molar-refractivity contribution < 1.29 is 9.18 Å². The number of H-pyrrole nitrogens is 1. The number of aromatic nitrogens is 1. The first-order valence-electron chi connectivity index (χ1n) is 6.84. The molecule has 1 aromatic carbocycles. The van der Waals surface area contributed by atoms with E-state index >= 15 is 0 Å². The Morgan fingerprint density at radius 1 is 1.33 bits per heavy atom. The van der Waals surface area contributed by atoms with Crippen molar-refractivity contribution in [1.29, 1.82) is 0 Å². The number of thiophene rings is 1. The Hall–Kier alpha value is -2.14. The fourth-order valence-electron chi connectivity index (χ4n) is 2.94. The number of benzene rings is 1. The second-order valence-electron chi connectivity index (χ2n) is 5.23. The van der Waals surface area contributed by atoms with E-state index in [-0.39, 0.29) is 11.7 Å². The van der Waals surface area contributed by atoms with Gasteiger partial charge in [-0.25, -0.2) is 4.39 Å². The van der Waals surface area contributed by atoms with Crippen LogP contribution >= 0.6 is 11.3 Å². The van der Waals surface area contributed by atoms with Gasteiger partial charge in [0.15, 0.2) is 0 Å². The first-order valence-corrected chi connectivity index (χ1v) is 7.72. The lowest BCUT2D eigenvalue weighted by Crippen LogP contribution is -2.35. The second kappa shape index (κ2) is 4.70. The number of carbonyl (C=O) groups excluding carboxylic acids is 1. The summed E-state index contributed by atoms with van der Waals surface area (Å²) >= 11 is 1.46. The van der Waals surface area contributed by atoms with Gasteiger partial charge in [-0.05, 0) is 41.6 Å². The lowest BCUT2D eigenvalue weighted by Gasteiger charge is -2.26. The van der Waals surface area contributed by atoms with Crippen molar-refractivity contribution in [2.24, 2.45) is 0 Å². The van der Waals surface area contributed by atoms with Crippen LogP contribution in [0.3, 0.4) is 0 Å². The first kappa shape index (κ1) is 12.6. The van der Waals surface area contributed by atoms with Gasteiger partial charge in [-0.1, -0.05) is 6.07 Å². The zero-order chi connectivity index (χ0) is 14.4.